The largest absolute Gasteiger partial charge is 0.496 e. The van der Waals surface area contributed by atoms with Crippen LogP contribution in [0, 0.1) is 18.3 Å². The smallest absolute Gasteiger partial charge is 0.122 e. The van der Waals surface area contributed by atoms with Gasteiger partial charge in [-0.1, -0.05) is 11.6 Å². The first-order valence-electron chi connectivity index (χ1n) is 4.56. The number of nitriles is 1. The summed E-state index contributed by atoms with van der Waals surface area (Å²) in [4.78, 5) is 0. The highest BCUT2D eigenvalue weighted by atomic mass is 35.5. The van der Waals surface area contributed by atoms with Crippen LogP contribution in [-0.2, 0) is 6.42 Å². The Morgan fingerprint density at radius 1 is 1.60 bits per heavy atom. The summed E-state index contributed by atoms with van der Waals surface area (Å²) in [7, 11) is 1.59. The summed E-state index contributed by atoms with van der Waals surface area (Å²) in [5, 5.41) is 9.30. The van der Waals surface area contributed by atoms with E-state index in [-0.39, 0.29) is 0 Å². The van der Waals surface area contributed by atoms with Crippen LogP contribution >= 0.6 is 11.6 Å². The van der Waals surface area contributed by atoms with Crippen LogP contribution in [0.15, 0.2) is 12.1 Å². The zero-order valence-electron chi connectivity index (χ0n) is 8.75. The second kappa shape index (κ2) is 5.01. The minimum absolute atomic E-state index is 0.444. The van der Waals surface area contributed by atoms with Crippen molar-refractivity contribution in [3.8, 4) is 11.8 Å². The van der Waals surface area contributed by atoms with Gasteiger partial charge in [-0.05, 0) is 30.2 Å². The summed E-state index contributed by atoms with van der Waals surface area (Å²) in [5.74, 6) is 0.725. The van der Waals surface area contributed by atoms with E-state index in [2.05, 4.69) is 0 Å². The van der Waals surface area contributed by atoms with E-state index in [9.17, 15) is 0 Å². The van der Waals surface area contributed by atoms with Crippen LogP contribution in [0.1, 0.15) is 11.1 Å². The molecule has 0 aliphatic heterocycles. The Bertz CT molecular complexity index is 398. The lowest BCUT2D eigenvalue weighted by Crippen LogP contribution is -2.20. The number of halogens is 1. The third-order valence-corrected chi connectivity index (χ3v) is 2.57. The van der Waals surface area contributed by atoms with Gasteiger partial charge in [0.25, 0.3) is 0 Å². The van der Waals surface area contributed by atoms with Gasteiger partial charge in [0.05, 0.1) is 19.2 Å². The molecule has 0 aliphatic carbocycles. The van der Waals surface area contributed by atoms with E-state index in [1.54, 1.807) is 13.2 Å². The van der Waals surface area contributed by atoms with Gasteiger partial charge >= 0.3 is 0 Å². The predicted octanol–water partition coefficient (Wildman–Crippen LogP) is 2.05. The number of benzene rings is 1. The molecule has 1 atom stereocenters. The van der Waals surface area contributed by atoms with Crippen molar-refractivity contribution in [3.05, 3.63) is 28.3 Å². The molecule has 0 bridgehead atoms. The number of rotatable bonds is 3. The Morgan fingerprint density at radius 3 is 2.80 bits per heavy atom. The average molecular weight is 225 g/mol. The summed E-state index contributed by atoms with van der Waals surface area (Å²) in [6.07, 6.45) is 0.444. The number of hydrogen-bond acceptors (Lipinski definition) is 3. The molecule has 4 heteroatoms. The molecule has 1 rings (SSSR count). The Morgan fingerprint density at radius 2 is 2.27 bits per heavy atom. The normalized spacial score (nSPS) is 11.9. The van der Waals surface area contributed by atoms with Crippen LogP contribution in [0.25, 0.3) is 0 Å². The Labute approximate surface area is 94.4 Å². The van der Waals surface area contributed by atoms with Crippen molar-refractivity contribution >= 4 is 11.6 Å². The fourth-order valence-electron chi connectivity index (χ4n) is 1.33. The second-order valence-electron chi connectivity index (χ2n) is 3.35. The molecule has 0 radical (unpaired) electrons. The minimum Gasteiger partial charge on any atom is -0.496 e. The molecule has 0 saturated carbocycles. The SMILES string of the molecule is COc1cc(C)c(Cl)cc1CC(N)C#N. The fraction of sp³-hybridized carbons (Fsp3) is 0.364. The highest BCUT2D eigenvalue weighted by Crippen LogP contribution is 2.27. The Kier molecular flexibility index (Phi) is 3.96. The molecular formula is C11H13ClN2O. The maximum absolute atomic E-state index is 8.63. The van der Waals surface area contributed by atoms with Gasteiger partial charge in [-0.2, -0.15) is 5.26 Å². The van der Waals surface area contributed by atoms with Gasteiger partial charge < -0.3 is 10.5 Å². The van der Waals surface area contributed by atoms with Crippen LogP contribution < -0.4 is 10.5 Å². The summed E-state index contributed by atoms with van der Waals surface area (Å²) in [5.41, 5.74) is 7.37. The van der Waals surface area contributed by atoms with E-state index in [1.807, 2.05) is 19.1 Å². The predicted molar refractivity (Wildman–Crippen MR) is 60.0 cm³/mol. The maximum Gasteiger partial charge on any atom is 0.122 e. The van der Waals surface area contributed by atoms with Crippen molar-refractivity contribution in [2.45, 2.75) is 19.4 Å². The lowest BCUT2D eigenvalue weighted by molar-refractivity contribution is 0.408. The summed E-state index contributed by atoms with van der Waals surface area (Å²) >= 11 is 5.99. The summed E-state index contributed by atoms with van der Waals surface area (Å²) in [6, 6.07) is 5.10. The van der Waals surface area contributed by atoms with Gasteiger partial charge in [0, 0.05) is 11.4 Å². The molecule has 0 saturated heterocycles. The van der Waals surface area contributed by atoms with E-state index in [1.165, 1.54) is 0 Å². The first-order chi connectivity index (χ1) is 7.08. The van der Waals surface area contributed by atoms with E-state index in [4.69, 9.17) is 27.3 Å². The Hall–Kier alpha value is -1.24. The lowest BCUT2D eigenvalue weighted by atomic mass is 10.0. The molecule has 3 nitrogen and oxygen atoms in total. The van der Waals surface area contributed by atoms with Gasteiger partial charge in [0.1, 0.15) is 5.75 Å². The summed E-state index contributed by atoms with van der Waals surface area (Å²) in [6.45, 7) is 1.90. The Balaban J connectivity index is 3.06. The quantitative estimate of drug-likeness (QED) is 0.855. The van der Waals surface area contributed by atoms with Gasteiger partial charge in [-0.3, -0.25) is 0 Å². The van der Waals surface area contributed by atoms with Gasteiger partial charge in [0.15, 0.2) is 0 Å². The van der Waals surface area contributed by atoms with E-state index in [0.29, 0.717) is 11.4 Å². The van der Waals surface area contributed by atoms with Crippen molar-refractivity contribution < 1.29 is 4.74 Å². The lowest BCUT2D eigenvalue weighted by Gasteiger charge is -2.11. The standard InChI is InChI=1S/C11H13ClN2O/c1-7-3-11(15-2)8(5-10(7)12)4-9(14)6-13/h3,5,9H,4,14H2,1-2H3. The third kappa shape index (κ3) is 2.85. The highest BCUT2D eigenvalue weighted by molar-refractivity contribution is 6.31. The molecule has 0 fully saturated rings. The van der Waals surface area contributed by atoms with Crippen LogP contribution in [0.4, 0.5) is 0 Å². The van der Waals surface area contributed by atoms with E-state index >= 15 is 0 Å². The van der Waals surface area contributed by atoms with Gasteiger partial charge in [-0.25, -0.2) is 0 Å². The van der Waals surface area contributed by atoms with Crippen molar-refractivity contribution in [2.24, 2.45) is 5.73 Å². The van der Waals surface area contributed by atoms with E-state index < -0.39 is 6.04 Å². The molecule has 2 N–H and O–H groups in total. The molecule has 0 amide bonds. The molecule has 0 aliphatic rings. The molecule has 80 valence electrons. The number of methoxy groups -OCH3 is 1. The second-order valence-corrected chi connectivity index (χ2v) is 3.76. The van der Waals surface area contributed by atoms with Crippen LogP contribution in [0.5, 0.6) is 5.75 Å². The molecule has 0 aromatic heterocycles. The number of aryl methyl sites for hydroxylation is 1. The van der Waals surface area contributed by atoms with Crippen LogP contribution in [0.3, 0.4) is 0 Å². The maximum atomic E-state index is 8.63. The van der Waals surface area contributed by atoms with Gasteiger partial charge in [-0.15, -0.1) is 0 Å². The molecule has 0 spiro atoms. The minimum atomic E-state index is -0.530. The number of nitrogens with zero attached hydrogens (tertiary/aromatic N) is 1. The van der Waals surface area contributed by atoms with Crippen molar-refractivity contribution in [1.82, 2.24) is 0 Å². The molecule has 1 aromatic rings. The first-order valence-corrected chi connectivity index (χ1v) is 4.94. The van der Waals surface area contributed by atoms with Crippen molar-refractivity contribution in [2.75, 3.05) is 7.11 Å². The zero-order valence-corrected chi connectivity index (χ0v) is 9.51. The van der Waals surface area contributed by atoms with Crippen LogP contribution in [-0.4, -0.2) is 13.2 Å². The molecule has 1 aromatic carbocycles. The number of ether oxygens (including phenoxy) is 1. The first kappa shape index (κ1) is 11.8. The van der Waals surface area contributed by atoms with E-state index in [0.717, 1.165) is 16.9 Å². The monoisotopic (exact) mass is 224 g/mol. The third-order valence-electron chi connectivity index (χ3n) is 2.17. The average Bonchev–Trinajstić information content (AvgIpc) is 2.22. The molecule has 0 heterocycles. The van der Waals surface area contributed by atoms with Crippen molar-refractivity contribution in [1.29, 1.82) is 5.26 Å². The van der Waals surface area contributed by atoms with Gasteiger partial charge in [0.2, 0.25) is 0 Å². The highest BCUT2D eigenvalue weighted by Gasteiger charge is 2.10. The van der Waals surface area contributed by atoms with Crippen molar-refractivity contribution in [3.63, 3.8) is 0 Å². The fourth-order valence-corrected chi connectivity index (χ4v) is 1.51. The topological polar surface area (TPSA) is 59.0 Å². The molecular weight excluding hydrogens is 212 g/mol. The van der Waals surface area contributed by atoms with Crippen LogP contribution in [0.2, 0.25) is 5.02 Å². The summed E-state index contributed by atoms with van der Waals surface area (Å²) < 4.78 is 5.20. The molecule has 15 heavy (non-hydrogen) atoms. The number of nitrogens with two attached hydrogens (primary N) is 1. The number of hydrogen-bond donors (Lipinski definition) is 1. The zero-order chi connectivity index (χ0) is 11.4. The molecule has 1 unspecified atom stereocenters.